The molecule has 2 rings (SSSR count). The number of hydrogen-bond acceptors (Lipinski definition) is 2. The van der Waals surface area contributed by atoms with Crippen LogP contribution in [0.2, 0.25) is 0 Å². The number of hydrogen-bond donors (Lipinski definition) is 2. The molecule has 0 saturated heterocycles. The first-order valence-corrected chi connectivity index (χ1v) is 6.21. The molecule has 1 aromatic carbocycles. The number of carboxylic acid groups (broad SMARTS) is 1. The molecule has 0 unspecified atom stereocenters. The van der Waals surface area contributed by atoms with Gasteiger partial charge in [0.1, 0.15) is 0 Å². The Kier molecular flexibility index (Phi) is 3.67. The van der Waals surface area contributed by atoms with Crippen LogP contribution < -0.4 is 5.32 Å². The predicted molar refractivity (Wildman–Crippen MR) is 68.2 cm³/mol. The first-order chi connectivity index (χ1) is 8.13. The second-order valence-corrected chi connectivity index (χ2v) is 5.01. The summed E-state index contributed by atoms with van der Waals surface area (Å²) in [6.07, 6.45) is 3.27. The van der Waals surface area contributed by atoms with Crippen molar-refractivity contribution in [1.82, 2.24) is 0 Å². The van der Waals surface area contributed by atoms with Crippen molar-refractivity contribution in [3.05, 3.63) is 29.8 Å². The highest BCUT2D eigenvalue weighted by Crippen LogP contribution is 2.29. The maximum atomic E-state index is 10.5. The lowest BCUT2D eigenvalue weighted by Crippen LogP contribution is -2.33. The summed E-state index contributed by atoms with van der Waals surface area (Å²) in [6, 6.07) is 8.68. The number of carboxylic acids is 1. The van der Waals surface area contributed by atoms with E-state index in [0.717, 1.165) is 17.2 Å². The minimum atomic E-state index is -0.740. The van der Waals surface area contributed by atoms with Crippen molar-refractivity contribution in [3.8, 4) is 0 Å². The van der Waals surface area contributed by atoms with Crippen LogP contribution in [0.25, 0.3) is 0 Å². The summed E-state index contributed by atoms with van der Waals surface area (Å²) < 4.78 is 0. The molecule has 0 aromatic heterocycles. The van der Waals surface area contributed by atoms with Gasteiger partial charge in [0, 0.05) is 18.2 Å². The Balaban J connectivity index is 1.89. The summed E-state index contributed by atoms with van der Waals surface area (Å²) in [4.78, 5) is 10.5. The second-order valence-electron chi connectivity index (χ2n) is 5.01. The standard InChI is InChI=1S/C14H19NO2/c1-10-7-13(8-10)15-12-4-2-3-11(9-12)5-6-14(16)17/h2-4,9-10,13,15H,5-8H2,1H3,(H,16,17). The van der Waals surface area contributed by atoms with Gasteiger partial charge in [-0.15, -0.1) is 0 Å². The first-order valence-electron chi connectivity index (χ1n) is 6.21. The van der Waals surface area contributed by atoms with Crippen molar-refractivity contribution in [2.24, 2.45) is 5.92 Å². The molecule has 0 bridgehead atoms. The van der Waals surface area contributed by atoms with E-state index in [-0.39, 0.29) is 6.42 Å². The van der Waals surface area contributed by atoms with Crippen molar-refractivity contribution in [2.75, 3.05) is 5.32 Å². The zero-order chi connectivity index (χ0) is 12.3. The Morgan fingerprint density at radius 2 is 2.24 bits per heavy atom. The summed E-state index contributed by atoms with van der Waals surface area (Å²) in [7, 11) is 0. The highest BCUT2D eigenvalue weighted by molar-refractivity contribution is 5.67. The normalized spacial score (nSPS) is 22.9. The van der Waals surface area contributed by atoms with Gasteiger partial charge in [-0.3, -0.25) is 4.79 Å². The van der Waals surface area contributed by atoms with Crippen LogP contribution in [0.15, 0.2) is 24.3 Å². The second kappa shape index (κ2) is 5.21. The molecule has 0 amide bonds. The smallest absolute Gasteiger partial charge is 0.303 e. The highest BCUT2D eigenvalue weighted by Gasteiger charge is 2.24. The van der Waals surface area contributed by atoms with Crippen LogP contribution in [-0.2, 0) is 11.2 Å². The molecule has 1 aliphatic rings. The third-order valence-corrected chi connectivity index (χ3v) is 3.30. The van der Waals surface area contributed by atoms with E-state index in [0.29, 0.717) is 12.5 Å². The van der Waals surface area contributed by atoms with Gasteiger partial charge in [-0.05, 0) is 42.9 Å². The van der Waals surface area contributed by atoms with E-state index in [4.69, 9.17) is 5.11 Å². The van der Waals surface area contributed by atoms with Gasteiger partial charge in [-0.1, -0.05) is 19.1 Å². The van der Waals surface area contributed by atoms with E-state index < -0.39 is 5.97 Å². The van der Waals surface area contributed by atoms with Crippen LogP contribution in [0.4, 0.5) is 5.69 Å². The lowest BCUT2D eigenvalue weighted by molar-refractivity contribution is -0.136. The van der Waals surface area contributed by atoms with Crippen LogP contribution in [0, 0.1) is 5.92 Å². The Labute approximate surface area is 102 Å². The van der Waals surface area contributed by atoms with Crippen LogP contribution in [0.5, 0.6) is 0 Å². The monoisotopic (exact) mass is 233 g/mol. The van der Waals surface area contributed by atoms with Gasteiger partial charge in [0.05, 0.1) is 0 Å². The van der Waals surface area contributed by atoms with Crippen molar-refractivity contribution in [3.63, 3.8) is 0 Å². The molecular weight excluding hydrogens is 214 g/mol. The number of anilines is 1. The molecule has 2 N–H and O–H groups in total. The molecule has 1 saturated carbocycles. The summed E-state index contributed by atoms with van der Waals surface area (Å²) in [6.45, 7) is 2.27. The number of aryl methyl sites for hydroxylation is 1. The molecule has 0 heterocycles. The van der Waals surface area contributed by atoms with Crippen molar-refractivity contribution < 1.29 is 9.90 Å². The molecule has 92 valence electrons. The molecule has 0 spiro atoms. The quantitative estimate of drug-likeness (QED) is 0.822. The number of nitrogens with one attached hydrogen (secondary N) is 1. The van der Waals surface area contributed by atoms with Gasteiger partial charge in [-0.25, -0.2) is 0 Å². The van der Waals surface area contributed by atoms with Crippen LogP contribution in [0.1, 0.15) is 31.7 Å². The topological polar surface area (TPSA) is 49.3 Å². The van der Waals surface area contributed by atoms with Gasteiger partial charge in [0.25, 0.3) is 0 Å². The fraction of sp³-hybridized carbons (Fsp3) is 0.500. The largest absolute Gasteiger partial charge is 0.481 e. The summed E-state index contributed by atoms with van der Waals surface area (Å²) >= 11 is 0. The first kappa shape index (κ1) is 12.0. The fourth-order valence-corrected chi connectivity index (χ4v) is 2.32. The molecule has 0 radical (unpaired) electrons. The average molecular weight is 233 g/mol. The summed E-state index contributed by atoms with van der Waals surface area (Å²) in [5.74, 6) is 0.0962. The van der Waals surface area contributed by atoms with Crippen molar-refractivity contribution in [1.29, 1.82) is 0 Å². The number of aliphatic carboxylic acids is 1. The molecular formula is C14H19NO2. The minimum Gasteiger partial charge on any atom is -0.481 e. The zero-order valence-electron chi connectivity index (χ0n) is 10.1. The zero-order valence-corrected chi connectivity index (χ0v) is 10.1. The van der Waals surface area contributed by atoms with Gasteiger partial charge >= 0.3 is 5.97 Å². The summed E-state index contributed by atoms with van der Waals surface area (Å²) in [5.41, 5.74) is 2.20. The van der Waals surface area contributed by atoms with E-state index in [9.17, 15) is 4.79 Å². The van der Waals surface area contributed by atoms with Crippen molar-refractivity contribution in [2.45, 2.75) is 38.6 Å². The van der Waals surface area contributed by atoms with E-state index in [2.05, 4.69) is 18.3 Å². The van der Waals surface area contributed by atoms with Crippen LogP contribution >= 0.6 is 0 Å². The minimum absolute atomic E-state index is 0.198. The molecule has 1 fully saturated rings. The molecule has 1 aliphatic carbocycles. The average Bonchev–Trinajstić information content (AvgIpc) is 2.25. The maximum Gasteiger partial charge on any atom is 0.303 e. The van der Waals surface area contributed by atoms with E-state index >= 15 is 0 Å². The van der Waals surface area contributed by atoms with Gasteiger partial charge in [0.2, 0.25) is 0 Å². The lowest BCUT2D eigenvalue weighted by atomic mass is 9.82. The van der Waals surface area contributed by atoms with E-state index in [1.54, 1.807) is 0 Å². The molecule has 0 atom stereocenters. The van der Waals surface area contributed by atoms with Crippen molar-refractivity contribution >= 4 is 11.7 Å². The number of rotatable bonds is 5. The number of carbonyl (C=O) groups is 1. The molecule has 0 aliphatic heterocycles. The highest BCUT2D eigenvalue weighted by atomic mass is 16.4. The van der Waals surface area contributed by atoms with E-state index in [1.807, 2.05) is 18.2 Å². The Morgan fingerprint density at radius 3 is 2.88 bits per heavy atom. The Bertz CT molecular complexity index is 397. The third-order valence-electron chi connectivity index (χ3n) is 3.30. The maximum absolute atomic E-state index is 10.5. The SMILES string of the molecule is CC1CC(Nc2cccc(CCC(=O)O)c2)C1. The summed E-state index contributed by atoms with van der Waals surface area (Å²) in [5, 5.41) is 12.1. The fourth-order valence-electron chi connectivity index (χ4n) is 2.32. The van der Waals surface area contributed by atoms with Gasteiger partial charge in [-0.2, -0.15) is 0 Å². The molecule has 3 heteroatoms. The predicted octanol–water partition coefficient (Wildman–Crippen LogP) is 2.91. The Morgan fingerprint density at radius 1 is 1.47 bits per heavy atom. The van der Waals surface area contributed by atoms with Crippen LogP contribution in [-0.4, -0.2) is 17.1 Å². The molecule has 1 aromatic rings. The molecule has 3 nitrogen and oxygen atoms in total. The number of benzene rings is 1. The third kappa shape index (κ3) is 3.48. The Hall–Kier alpha value is -1.51. The molecule has 17 heavy (non-hydrogen) atoms. The van der Waals surface area contributed by atoms with Gasteiger partial charge < -0.3 is 10.4 Å². The lowest BCUT2D eigenvalue weighted by Gasteiger charge is -2.34. The van der Waals surface area contributed by atoms with E-state index in [1.165, 1.54) is 12.8 Å². The van der Waals surface area contributed by atoms with Crippen LogP contribution in [0.3, 0.4) is 0 Å². The van der Waals surface area contributed by atoms with Gasteiger partial charge in [0.15, 0.2) is 0 Å².